The number of aryl methyl sites for hydroxylation is 1. The maximum absolute atomic E-state index is 12.3. The summed E-state index contributed by atoms with van der Waals surface area (Å²) in [5.74, 6) is 0.549. The van der Waals surface area contributed by atoms with Crippen molar-refractivity contribution in [3.8, 4) is 0 Å². The van der Waals surface area contributed by atoms with Crippen molar-refractivity contribution < 1.29 is 17.6 Å². The van der Waals surface area contributed by atoms with Gasteiger partial charge in [-0.05, 0) is 37.6 Å². The summed E-state index contributed by atoms with van der Waals surface area (Å²) in [6, 6.07) is 6.29. The number of benzene rings is 1. The number of hydrogen-bond acceptors (Lipinski definition) is 5. The van der Waals surface area contributed by atoms with Gasteiger partial charge in [-0.15, -0.1) is 0 Å². The third-order valence-corrected chi connectivity index (χ3v) is 5.22. The first-order valence-electron chi connectivity index (χ1n) is 7.26. The molecule has 1 aromatic heterocycles. The fraction of sp³-hybridized carbons (Fsp3) is 0.333. The van der Waals surface area contributed by atoms with Crippen LogP contribution in [0, 0.1) is 6.92 Å². The first kappa shape index (κ1) is 15.7. The van der Waals surface area contributed by atoms with E-state index in [9.17, 15) is 13.2 Å². The van der Waals surface area contributed by atoms with E-state index in [-0.39, 0.29) is 17.3 Å². The minimum absolute atomic E-state index is 0.0422. The van der Waals surface area contributed by atoms with Gasteiger partial charge in [-0.3, -0.25) is 4.79 Å². The zero-order valence-electron chi connectivity index (χ0n) is 12.7. The zero-order chi connectivity index (χ0) is 16.4. The topological polar surface area (TPSA) is 92.5 Å². The van der Waals surface area contributed by atoms with Crippen molar-refractivity contribution in [2.45, 2.75) is 31.2 Å². The number of nitrogens with zero attached hydrogens (tertiary/aromatic N) is 2. The molecular weight excluding hydrogens is 318 g/mol. The SMILES string of the molecule is Cc1ncoc1CNS(=O)(=O)c1ccc(N2CCCC2=O)cc1. The van der Waals surface area contributed by atoms with Crippen LogP contribution >= 0.6 is 0 Å². The summed E-state index contributed by atoms with van der Waals surface area (Å²) in [4.78, 5) is 17.4. The van der Waals surface area contributed by atoms with Crippen LogP contribution in [0.15, 0.2) is 40.0 Å². The molecule has 1 aliphatic rings. The summed E-state index contributed by atoms with van der Waals surface area (Å²) in [6.45, 7) is 2.46. The van der Waals surface area contributed by atoms with Gasteiger partial charge in [0, 0.05) is 18.7 Å². The van der Waals surface area contributed by atoms with Crippen molar-refractivity contribution >= 4 is 21.6 Å². The van der Waals surface area contributed by atoms with E-state index in [4.69, 9.17) is 4.42 Å². The average Bonchev–Trinajstić information content (AvgIpc) is 3.14. The fourth-order valence-corrected chi connectivity index (χ4v) is 3.45. The van der Waals surface area contributed by atoms with Crippen molar-refractivity contribution in [2.24, 2.45) is 0 Å². The summed E-state index contributed by atoms with van der Waals surface area (Å²) in [6.07, 6.45) is 2.65. The van der Waals surface area contributed by atoms with Crippen LogP contribution in [0.25, 0.3) is 0 Å². The van der Waals surface area contributed by atoms with E-state index in [1.165, 1.54) is 18.5 Å². The van der Waals surface area contributed by atoms with Gasteiger partial charge in [0.2, 0.25) is 15.9 Å². The third-order valence-electron chi connectivity index (χ3n) is 3.80. The lowest BCUT2D eigenvalue weighted by Crippen LogP contribution is -2.25. The molecule has 1 amide bonds. The maximum Gasteiger partial charge on any atom is 0.240 e. The van der Waals surface area contributed by atoms with Crippen molar-refractivity contribution in [1.29, 1.82) is 0 Å². The number of carbonyl (C=O) groups is 1. The Bertz CT molecular complexity index is 812. The number of sulfonamides is 1. The van der Waals surface area contributed by atoms with Gasteiger partial charge in [-0.2, -0.15) is 0 Å². The third kappa shape index (κ3) is 3.27. The van der Waals surface area contributed by atoms with Crippen LogP contribution < -0.4 is 9.62 Å². The van der Waals surface area contributed by atoms with Gasteiger partial charge in [0.25, 0.3) is 0 Å². The highest BCUT2D eigenvalue weighted by molar-refractivity contribution is 7.89. The lowest BCUT2D eigenvalue weighted by Gasteiger charge is -2.16. The Morgan fingerprint density at radius 3 is 2.61 bits per heavy atom. The molecule has 8 heteroatoms. The Morgan fingerprint density at radius 1 is 1.30 bits per heavy atom. The van der Waals surface area contributed by atoms with E-state index in [1.807, 2.05) is 0 Å². The smallest absolute Gasteiger partial charge is 0.240 e. The van der Waals surface area contributed by atoms with Crippen LogP contribution in [0.5, 0.6) is 0 Å². The number of nitrogens with one attached hydrogen (secondary N) is 1. The molecule has 0 unspecified atom stereocenters. The summed E-state index contributed by atoms with van der Waals surface area (Å²) >= 11 is 0. The molecule has 0 spiro atoms. The fourth-order valence-electron chi connectivity index (χ4n) is 2.47. The Labute approximate surface area is 134 Å². The van der Waals surface area contributed by atoms with Crippen LogP contribution in [0.4, 0.5) is 5.69 Å². The largest absolute Gasteiger partial charge is 0.447 e. The summed E-state index contributed by atoms with van der Waals surface area (Å²) < 4.78 is 32.1. The first-order valence-corrected chi connectivity index (χ1v) is 8.75. The Balaban J connectivity index is 1.72. The number of carbonyl (C=O) groups excluding carboxylic acids is 1. The average molecular weight is 335 g/mol. The summed E-state index contributed by atoms with van der Waals surface area (Å²) in [7, 11) is -3.65. The first-order chi connectivity index (χ1) is 11.0. The lowest BCUT2D eigenvalue weighted by atomic mass is 10.3. The van der Waals surface area contributed by atoms with Crippen LogP contribution in [0.3, 0.4) is 0 Å². The normalized spacial score (nSPS) is 15.3. The molecule has 3 rings (SSSR count). The summed E-state index contributed by atoms with van der Waals surface area (Å²) in [5.41, 5.74) is 1.37. The molecule has 1 aromatic carbocycles. The molecule has 23 heavy (non-hydrogen) atoms. The Morgan fingerprint density at radius 2 is 2.04 bits per heavy atom. The van der Waals surface area contributed by atoms with Gasteiger partial charge in [0.1, 0.15) is 5.76 Å². The van der Waals surface area contributed by atoms with Crippen molar-refractivity contribution in [1.82, 2.24) is 9.71 Å². The van der Waals surface area contributed by atoms with E-state index in [0.29, 0.717) is 24.4 Å². The van der Waals surface area contributed by atoms with Crippen LogP contribution in [0.2, 0.25) is 0 Å². The van der Waals surface area contributed by atoms with Crippen LogP contribution in [-0.4, -0.2) is 25.9 Å². The lowest BCUT2D eigenvalue weighted by molar-refractivity contribution is -0.117. The van der Waals surface area contributed by atoms with Crippen molar-refractivity contribution in [2.75, 3.05) is 11.4 Å². The number of amides is 1. The van der Waals surface area contributed by atoms with E-state index in [0.717, 1.165) is 12.1 Å². The predicted molar refractivity (Wildman–Crippen MR) is 83.3 cm³/mol. The van der Waals surface area contributed by atoms with Gasteiger partial charge in [-0.25, -0.2) is 18.1 Å². The van der Waals surface area contributed by atoms with Gasteiger partial charge in [0.05, 0.1) is 17.1 Å². The molecule has 1 fully saturated rings. The standard InChI is InChI=1S/C15H17N3O4S/c1-11-14(22-10-16-11)9-17-23(20,21)13-6-4-12(5-7-13)18-8-2-3-15(18)19/h4-7,10,17H,2-3,8-9H2,1H3. The van der Waals surface area contributed by atoms with E-state index in [1.54, 1.807) is 24.0 Å². The number of hydrogen-bond donors (Lipinski definition) is 1. The monoisotopic (exact) mass is 335 g/mol. The highest BCUT2D eigenvalue weighted by Crippen LogP contribution is 2.23. The Hall–Kier alpha value is -2.19. The van der Waals surface area contributed by atoms with Crippen molar-refractivity contribution in [3.63, 3.8) is 0 Å². The molecule has 122 valence electrons. The second-order valence-corrected chi connectivity index (χ2v) is 7.10. The van der Waals surface area contributed by atoms with E-state index in [2.05, 4.69) is 9.71 Å². The Kier molecular flexibility index (Phi) is 4.18. The minimum Gasteiger partial charge on any atom is -0.447 e. The molecule has 1 N–H and O–H groups in total. The zero-order valence-corrected chi connectivity index (χ0v) is 13.5. The molecule has 0 aliphatic carbocycles. The molecule has 7 nitrogen and oxygen atoms in total. The van der Waals surface area contributed by atoms with Gasteiger partial charge in [-0.1, -0.05) is 0 Å². The number of aromatic nitrogens is 1. The molecule has 2 aromatic rings. The second-order valence-electron chi connectivity index (χ2n) is 5.33. The number of oxazole rings is 1. The van der Waals surface area contributed by atoms with Gasteiger partial charge < -0.3 is 9.32 Å². The van der Waals surface area contributed by atoms with Crippen LogP contribution in [0.1, 0.15) is 24.3 Å². The molecule has 0 bridgehead atoms. The van der Waals surface area contributed by atoms with E-state index >= 15 is 0 Å². The van der Waals surface area contributed by atoms with Crippen molar-refractivity contribution in [3.05, 3.63) is 42.1 Å². The minimum atomic E-state index is -3.65. The quantitative estimate of drug-likeness (QED) is 0.896. The molecule has 1 aliphatic heterocycles. The molecule has 1 saturated heterocycles. The molecule has 0 saturated carbocycles. The molecular formula is C15H17N3O4S. The van der Waals surface area contributed by atoms with Gasteiger partial charge in [0.15, 0.2) is 6.39 Å². The predicted octanol–water partition coefficient (Wildman–Crippen LogP) is 1.59. The van der Waals surface area contributed by atoms with Gasteiger partial charge >= 0.3 is 0 Å². The van der Waals surface area contributed by atoms with Crippen LogP contribution in [-0.2, 0) is 21.4 Å². The number of anilines is 1. The highest BCUT2D eigenvalue weighted by atomic mass is 32.2. The van der Waals surface area contributed by atoms with E-state index < -0.39 is 10.0 Å². The molecule has 2 heterocycles. The summed E-state index contributed by atoms with van der Waals surface area (Å²) in [5, 5.41) is 0. The number of rotatable bonds is 5. The molecule has 0 radical (unpaired) electrons. The highest BCUT2D eigenvalue weighted by Gasteiger charge is 2.22. The maximum atomic E-state index is 12.3. The second kappa shape index (κ2) is 6.13. The molecule has 0 atom stereocenters.